The van der Waals surface area contributed by atoms with Gasteiger partial charge in [-0.15, -0.1) is 0 Å². The number of carbonyl (C=O) groups excluding carboxylic acids is 1. The molecule has 0 N–H and O–H groups in total. The number of rotatable bonds is 7. The second kappa shape index (κ2) is 9.01. The molecule has 1 aliphatic rings. The van der Waals surface area contributed by atoms with Gasteiger partial charge in [0.1, 0.15) is 5.75 Å². The number of methoxy groups -OCH3 is 1. The molecule has 26 heavy (non-hydrogen) atoms. The summed E-state index contributed by atoms with van der Waals surface area (Å²) < 4.78 is 16.3. The van der Waals surface area contributed by atoms with Crippen LogP contribution in [0.15, 0.2) is 36.4 Å². The van der Waals surface area contributed by atoms with E-state index < -0.39 is 0 Å². The first-order valence-corrected chi connectivity index (χ1v) is 9.27. The molecule has 0 radical (unpaired) electrons. The molecule has 1 aliphatic heterocycles. The zero-order valence-corrected chi connectivity index (χ0v) is 15.6. The number of fused-ring (bicyclic) bond motifs is 1. The Balaban J connectivity index is 1.60. The number of carbonyl (C=O) groups is 1. The molecular weight excluding hydrogens is 330 g/mol. The third-order valence-corrected chi connectivity index (χ3v) is 4.75. The van der Waals surface area contributed by atoms with Gasteiger partial charge < -0.3 is 14.2 Å². The van der Waals surface area contributed by atoms with Gasteiger partial charge in [-0.1, -0.05) is 18.2 Å². The predicted molar refractivity (Wildman–Crippen MR) is 102 cm³/mol. The van der Waals surface area contributed by atoms with Crippen LogP contribution in [0.4, 0.5) is 0 Å². The summed E-state index contributed by atoms with van der Waals surface area (Å²) in [5.74, 6) is 0.759. The van der Waals surface area contributed by atoms with E-state index >= 15 is 0 Å². The first kappa shape index (κ1) is 18.7. The van der Waals surface area contributed by atoms with Crippen LogP contribution in [0.3, 0.4) is 0 Å². The van der Waals surface area contributed by atoms with Gasteiger partial charge in [0.25, 0.3) is 0 Å². The van der Waals surface area contributed by atoms with E-state index in [0.29, 0.717) is 19.6 Å². The molecule has 1 atom stereocenters. The first-order valence-electron chi connectivity index (χ1n) is 9.27. The van der Waals surface area contributed by atoms with Gasteiger partial charge in [0.15, 0.2) is 0 Å². The minimum Gasteiger partial charge on any atom is -0.497 e. The summed E-state index contributed by atoms with van der Waals surface area (Å²) in [6.07, 6.45) is 1.37. The van der Waals surface area contributed by atoms with Gasteiger partial charge in [-0.05, 0) is 54.4 Å². The Kier molecular flexibility index (Phi) is 6.47. The van der Waals surface area contributed by atoms with Crippen LogP contribution in [-0.4, -0.2) is 50.8 Å². The van der Waals surface area contributed by atoms with Crippen LogP contribution in [0.25, 0.3) is 10.8 Å². The summed E-state index contributed by atoms with van der Waals surface area (Å²) >= 11 is 0. The maximum atomic E-state index is 11.5. The molecule has 3 rings (SSSR count). The van der Waals surface area contributed by atoms with Crippen LogP contribution in [0.5, 0.6) is 5.75 Å². The summed E-state index contributed by atoms with van der Waals surface area (Å²) in [5.41, 5.74) is 1.19. The summed E-state index contributed by atoms with van der Waals surface area (Å²) in [6, 6.07) is 12.6. The monoisotopic (exact) mass is 357 g/mol. The fourth-order valence-corrected chi connectivity index (χ4v) is 3.36. The number of hydrogen-bond donors (Lipinski definition) is 0. The molecule has 1 heterocycles. The molecule has 2 aromatic rings. The van der Waals surface area contributed by atoms with Crippen LogP contribution in [0.2, 0.25) is 0 Å². The average Bonchev–Trinajstić information content (AvgIpc) is 2.67. The molecule has 0 saturated carbocycles. The molecule has 1 fully saturated rings. The minimum absolute atomic E-state index is 0.0674. The van der Waals surface area contributed by atoms with Crippen molar-refractivity contribution >= 4 is 16.7 Å². The van der Waals surface area contributed by atoms with Crippen molar-refractivity contribution in [1.29, 1.82) is 0 Å². The van der Waals surface area contributed by atoms with Gasteiger partial charge in [-0.2, -0.15) is 0 Å². The Labute approximate surface area is 154 Å². The van der Waals surface area contributed by atoms with Crippen LogP contribution in [0, 0.1) is 0 Å². The Morgan fingerprint density at radius 2 is 2.04 bits per heavy atom. The minimum atomic E-state index is -0.109. The largest absolute Gasteiger partial charge is 0.497 e. The third-order valence-electron chi connectivity index (χ3n) is 4.75. The second-order valence-corrected chi connectivity index (χ2v) is 6.54. The van der Waals surface area contributed by atoms with Gasteiger partial charge >= 0.3 is 5.97 Å². The van der Waals surface area contributed by atoms with Crippen molar-refractivity contribution in [2.75, 3.05) is 40.0 Å². The average molecular weight is 357 g/mol. The normalized spacial score (nSPS) is 18.0. The number of esters is 1. The summed E-state index contributed by atoms with van der Waals surface area (Å²) in [6.45, 7) is 5.65. The van der Waals surface area contributed by atoms with E-state index in [4.69, 9.17) is 14.2 Å². The molecule has 140 valence electrons. The van der Waals surface area contributed by atoms with Crippen molar-refractivity contribution in [1.82, 2.24) is 4.90 Å². The van der Waals surface area contributed by atoms with E-state index in [-0.39, 0.29) is 12.1 Å². The van der Waals surface area contributed by atoms with Crippen LogP contribution in [0.1, 0.15) is 31.4 Å². The van der Waals surface area contributed by atoms with E-state index in [0.717, 1.165) is 37.2 Å². The molecular formula is C21H27NO4. The molecule has 0 bridgehead atoms. The Bertz CT molecular complexity index is 746. The Hall–Kier alpha value is -2.11. The van der Waals surface area contributed by atoms with E-state index in [1.54, 1.807) is 7.11 Å². The molecule has 2 aromatic carbocycles. The van der Waals surface area contributed by atoms with Crippen molar-refractivity contribution in [2.45, 2.75) is 25.9 Å². The fraction of sp³-hybridized carbons (Fsp3) is 0.476. The molecule has 0 amide bonds. The zero-order chi connectivity index (χ0) is 18.4. The molecule has 0 spiro atoms. The number of morpholine rings is 1. The second-order valence-electron chi connectivity index (χ2n) is 6.54. The lowest BCUT2D eigenvalue weighted by atomic mass is 10.0. The first-order chi connectivity index (χ1) is 12.7. The summed E-state index contributed by atoms with van der Waals surface area (Å²) in [5, 5.41) is 2.35. The van der Waals surface area contributed by atoms with Crippen LogP contribution < -0.4 is 4.74 Å². The molecule has 0 aliphatic carbocycles. The topological polar surface area (TPSA) is 48.0 Å². The molecule has 1 saturated heterocycles. The van der Waals surface area contributed by atoms with E-state index in [2.05, 4.69) is 29.2 Å². The highest BCUT2D eigenvalue weighted by Gasteiger charge is 2.22. The SMILES string of the molecule is CCOC(=O)CCCN1CCO[C@@H](c2ccc3cc(OC)ccc3c2)C1. The fourth-order valence-electron chi connectivity index (χ4n) is 3.36. The summed E-state index contributed by atoms with van der Waals surface area (Å²) in [4.78, 5) is 13.8. The number of benzene rings is 2. The Morgan fingerprint density at radius 3 is 2.85 bits per heavy atom. The Morgan fingerprint density at radius 1 is 1.23 bits per heavy atom. The lowest BCUT2D eigenvalue weighted by molar-refractivity contribution is -0.143. The lowest BCUT2D eigenvalue weighted by Gasteiger charge is -2.33. The van der Waals surface area contributed by atoms with Crippen molar-refractivity contribution < 1.29 is 19.0 Å². The lowest BCUT2D eigenvalue weighted by Crippen LogP contribution is -2.39. The molecule has 0 unspecified atom stereocenters. The van der Waals surface area contributed by atoms with Gasteiger partial charge in [-0.25, -0.2) is 0 Å². The van der Waals surface area contributed by atoms with Crippen LogP contribution in [-0.2, 0) is 14.3 Å². The molecule has 5 heteroatoms. The maximum Gasteiger partial charge on any atom is 0.305 e. The van der Waals surface area contributed by atoms with E-state index in [9.17, 15) is 4.79 Å². The van der Waals surface area contributed by atoms with Gasteiger partial charge in [-0.3, -0.25) is 9.69 Å². The highest BCUT2D eigenvalue weighted by atomic mass is 16.5. The smallest absolute Gasteiger partial charge is 0.305 e. The maximum absolute atomic E-state index is 11.5. The van der Waals surface area contributed by atoms with Crippen molar-refractivity contribution in [2.24, 2.45) is 0 Å². The van der Waals surface area contributed by atoms with Crippen LogP contribution >= 0.6 is 0 Å². The zero-order valence-electron chi connectivity index (χ0n) is 15.6. The molecule has 0 aromatic heterocycles. The number of nitrogens with zero attached hydrogens (tertiary/aromatic N) is 1. The van der Waals surface area contributed by atoms with Gasteiger partial charge in [0.2, 0.25) is 0 Å². The van der Waals surface area contributed by atoms with Gasteiger partial charge in [0, 0.05) is 19.5 Å². The standard InChI is InChI=1S/C21H27NO4/c1-3-25-21(23)5-4-10-22-11-12-26-20(15-22)18-7-6-17-14-19(24-2)9-8-16(17)13-18/h6-9,13-14,20H,3-5,10-12,15H2,1-2H3/t20-/m1/s1. The van der Waals surface area contributed by atoms with E-state index in [1.165, 1.54) is 10.9 Å². The highest BCUT2D eigenvalue weighted by molar-refractivity contribution is 5.84. The van der Waals surface area contributed by atoms with E-state index in [1.807, 2.05) is 19.1 Å². The van der Waals surface area contributed by atoms with Crippen molar-refractivity contribution in [3.63, 3.8) is 0 Å². The number of hydrogen-bond acceptors (Lipinski definition) is 5. The third kappa shape index (κ3) is 4.74. The molecule has 5 nitrogen and oxygen atoms in total. The summed E-state index contributed by atoms with van der Waals surface area (Å²) in [7, 11) is 1.68. The predicted octanol–water partition coefficient (Wildman–Crippen LogP) is 3.57. The van der Waals surface area contributed by atoms with Crippen molar-refractivity contribution in [3.8, 4) is 5.75 Å². The van der Waals surface area contributed by atoms with Gasteiger partial charge in [0.05, 0.1) is 26.4 Å². The van der Waals surface area contributed by atoms with Crippen molar-refractivity contribution in [3.05, 3.63) is 42.0 Å². The highest BCUT2D eigenvalue weighted by Crippen LogP contribution is 2.28. The number of ether oxygens (including phenoxy) is 3. The quantitative estimate of drug-likeness (QED) is 0.709.